The van der Waals surface area contributed by atoms with E-state index in [0.717, 1.165) is 9.35 Å². The molecule has 6 nitrogen and oxygen atoms in total. The largest absolute Gasteiger partial charge is 0.468 e. The monoisotopic (exact) mass is 454 g/mol. The minimum Gasteiger partial charge on any atom is -0.468 e. The second-order valence-corrected chi connectivity index (χ2v) is 9.02. The Morgan fingerprint density at radius 3 is 2.54 bits per heavy atom. The number of halogens is 1. The summed E-state index contributed by atoms with van der Waals surface area (Å²) in [6.07, 6.45) is 1.48. The first-order valence-corrected chi connectivity index (χ1v) is 10.7. The third kappa shape index (κ3) is 4.82. The summed E-state index contributed by atoms with van der Waals surface area (Å²) in [5.41, 5.74) is 0.394. The standard InChI is InChI=1S/C17H15BrN2O4S2/c18-13-8-15(25-11-13)10-19-17(21)12-3-5-16(6-4-12)26(22,23)20-9-14-2-1-7-24-14/h1-8,11,20H,9-10H2,(H,19,21). The summed E-state index contributed by atoms with van der Waals surface area (Å²) in [7, 11) is -3.68. The molecule has 2 aromatic heterocycles. The van der Waals surface area contributed by atoms with Gasteiger partial charge in [-0.2, -0.15) is 0 Å². The lowest BCUT2D eigenvalue weighted by Gasteiger charge is -2.07. The van der Waals surface area contributed by atoms with E-state index in [4.69, 9.17) is 4.42 Å². The number of nitrogens with one attached hydrogen (secondary N) is 2. The average Bonchev–Trinajstić information content (AvgIpc) is 3.30. The number of sulfonamides is 1. The maximum absolute atomic E-state index is 12.3. The molecule has 0 aliphatic rings. The van der Waals surface area contributed by atoms with Crippen LogP contribution in [0.4, 0.5) is 0 Å². The third-order valence-electron chi connectivity index (χ3n) is 3.49. The van der Waals surface area contributed by atoms with Gasteiger partial charge in [0.1, 0.15) is 5.76 Å². The summed E-state index contributed by atoms with van der Waals surface area (Å²) >= 11 is 4.90. The van der Waals surface area contributed by atoms with Crippen molar-refractivity contribution in [1.29, 1.82) is 0 Å². The van der Waals surface area contributed by atoms with Crippen LogP contribution in [0.3, 0.4) is 0 Å². The summed E-state index contributed by atoms with van der Waals surface area (Å²) in [6.45, 7) is 0.480. The van der Waals surface area contributed by atoms with E-state index < -0.39 is 10.0 Å². The molecular formula is C17H15BrN2O4S2. The van der Waals surface area contributed by atoms with Gasteiger partial charge in [-0.3, -0.25) is 4.79 Å². The van der Waals surface area contributed by atoms with Gasteiger partial charge in [-0.15, -0.1) is 11.3 Å². The van der Waals surface area contributed by atoms with Gasteiger partial charge < -0.3 is 9.73 Å². The molecule has 3 rings (SSSR count). The normalized spacial score (nSPS) is 11.4. The van der Waals surface area contributed by atoms with Crippen LogP contribution in [-0.2, 0) is 23.1 Å². The highest BCUT2D eigenvalue weighted by Gasteiger charge is 2.15. The molecule has 26 heavy (non-hydrogen) atoms. The summed E-state index contributed by atoms with van der Waals surface area (Å²) < 4.78 is 33.1. The molecule has 0 spiro atoms. The number of carbonyl (C=O) groups is 1. The molecule has 0 bridgehead atoms. The number of amides is 1. The van der Waals surface area contributed by atoms with Gasteiger partial charge in [0.25, 0.3) is 5.91 Å². The Morgan fingerprint density at radius 1 is 1.15 bits per heavy atom. The Hall–Kier alpha value is -1.94. The smallest absolute Gasteiger partial charge is 0.251 e. The predicted octanol–water partition coefficient (Wildman–Crippen LogP) is 3.51. The van der Waals surface area contributed by atoms with Crippen molar-refractivity contribution in [1.82, 2.24) is 10.0 Å². The van der Waals surface area contributed by atoms with E-state index >= 15 is 0 Å². The van der Waals surface area contributed by atoms with Crippen molar-refractivity contribution < 1.29 is 17.6 Å². The molecular weight excluding hydrogens is 440 g/mol. The number of hydrogen-bond acceptors (Lipinski definition) is 5. The van der Waals surface area contributed by atoms with E-state index in [9.17, 15) is 13.2 Å². The number of thiophene rings is 1. The Kier molecular flexibility index (Phi) is 5.92. The molecule has 0 aliphatic heterocycles. The Labute approximate surface area is 163 Å². The summed E-state index contributed by atoms with van der Waals surface area (Å²) in [6, 6.07) is 11.1. The van der Waals surface area contributed by atoms with Crippen molar-refractivity contribution in [3.05, 3.63) is 74.8 Å². The number of carbonyl (C=O) groups excluding carboxylic acids is 1. The summed E-state index contributed by atoms with van der Waals surface area (Å²) in [4.78, 5) is 13.3. The molecule has 0 unspecified atom stereocenters. The second-order valence-electron chi connectivity index (χ2n) is 5.34. The maximum Gasteiger partial charge on any atom is 0.251 e. The predicted molar refractivity (Wildman–Crippen MR) is 102 cm³/mol. The fourth-order valence-electron chi connectivity index (χ4n) is 2.16. The number of hydrogen-bond donors (Lipinski definition) is 2. The van der Waals surface area contributed by atoms with Gasteiger partial charge in [0, 0.05) is 20.3 Å². The average molecular weight is 455 g/mol. The lowest BCUT2D eigenvalue weighted by atomic mass is 10.2. The van der Waals surface area contributed by atoms with E-state index in [2.05, 4.69) is 26.0 Å². The molecule has 0 saturated carbocycles. The van der Waals surface area contributed by atoms with Crippen LogP contribution >= 0.6 is 27.3 Å². The zero-order valence-corrected chi connectivity index (χ0v) is 16.7. The van der Waals surface area contributed by atoms with Crippen molar-refractivity contribution in [2.45, 2.75) is 18.0 Å². The fraction of sp³-hybridized carbons (Fsp3) is 0.118. The molecule has 0 saturated heterocycles. The van der Waals surface area contributed by atoms with E-state index in [-0.39, 0.29) is 17.3 Å². The van der Waals surface area contributed by atoms with Crippen LogP contribution in [0.15, 0.2) is 67.9 Å². The van der Waals surface area contributed by atoms with Gasteiger partial charge in [0.15, 0.2) is 0 Å². The SMILES string of the molecule is O=C(NCc1cc(Br)cs1)c1ccc(S(=O)(=O)NCc2ccco2)cc1. The summed E-state index contributed by atoms with van der Waals surface area (Å²) in [5.74, 6) is 0.256. The molecule has 3 aromatic rings. The van der Waals surface area contributed by atoms with Gasteiger partial charge >= 0.3 is 0 Å². The van der Waals surface area contributed by atoms with Crippen LogP contribution < -0.4 is 10.0 Å². The Bertz CT molecular complexity index is 980. The van der Waals surface area contributed by atoms with Crippen LogP contribution in [0.1, 0.15) is 21.0 Å². The minimum atomic E-state index is -3.68. The van der Waals surface area contributed by atoms with Crippen LogP contribution in [0.2, 0.25) is 0 Å². The zero-order chi connectivity index (χ0) is 18.6. The zero-order valence-electron chi connectivity index (χ0n) is 13.4. The molecule has 1 aromatic carbocycles. The molecule has 0 fully saturated rings. The minimum absolute atomic E-state index is 0.0634. The van der Waals surface area contributed by atoms with E-state index in [1.54, 1.807) is 12.1 Å². The number of benzene rings is 1. The van der Waals surface area contributed by atoms with Crippen LogP contribution in [0.5, 0.6) is 0 Å². The van der Waals surface area contributed by atoms with Gasteiger partial charge in [-0.25, -0.2) is 13.1 Å². The molecule has 0 aliphatic carbocycles. The molecule has 1 amide bonds. The molecule has 136 valence electrons. The highest BCUT2D eigenvalue weighted by Crippen LogP contribution is 2.19. The van der Waals surface area contributed by atoms with Gasteiger partial charge in [-0.05, 0) is 58.4 Å². The fourth-order valence-corrected chi connectivity index (χ4v) is 4.55. The second kappa shape index (κ2) is 8.17. The van der Waals surface area contributed by atoms with E-state index in [1.165, 1.54) is 41.9 Å². The van der Waals surface area contributed by atoms with Gasteiger partial charge in [-0.1, -0.05) is 0 Å². The Morgan fingerprint density at radius 2 is 1.92 bits per heavy atom. The van der Waals surface area contributed by atoms with Crippen LogP contribution in [0.25, 0.3) is 0 Å². The van der Waals surface area contributed by atoms with Gasteiger partial charge in [0.2, 0.25) is 10.0 Å². The van der Waals surface area contributed by atoms with Gasteiger partial charge in [0.05, 0.1) is 24.2 Å². The van der Waals surface area contributed by atoms with Crippen LogP contribution in [-0.4, -0.2) is 14.3 Å². The quantitative estimate of drug-likeness (QED) is 0.571. The third-order valence-corrected chi connectivity index (χ3v) is 6.60. The molecule has 2 heterocycles. The van der Waals surface area contributed by atoms with E-state index in [1.807, 2.05) is 11.4 Å². The highest BCUT2D eigenvalue weighted by atomic mass is 79.9. The van der Waals surface area contributed by atoms with Crippen LogP contribution in [0, 0.1) is 0 Å². The summed E-state index contributed by atoms with van der Waals surface area (Å²) in [5, 5.41) is 4.74. The number of rotatable bonds is 7. The first-order chi connectivity index (χ1) is 12.4. The topological polar surface area (TPSA) is 88.4 Å². The maximum atomic E-state index is 12.3. The van der Waals surface area contributed by atoms with Crippen molar-refractivity contribution in [3.63, 3.8) is 0 Å². The van der Waals surface area contributed by atoms with Crippen molar-refractivity contribution in [2.75, 3.05) is 0 Å². The molecule has 0 radical (unpaired) electrons. The van der Waals surface area contributed by atoms with Crippen molar-refractivity contribution in [3.8, 4) is 0 Å². The Balaban J connectivity index is 1.60. The van der Waals surface area contributed by atoms with Crippen molar-refractivity contribution >= 4 is 43.2 Å². The first-order valence-electron chi connectivity index (χ1n) is 7.57. The molecule has 0 atom stereocenters. The molecule has 9 heteroatoms. The lowest BCUT2D eigenvalue weighted by molar-refractivity contribution is 0.0951. The first kappa shape index (κ1) is 18.8. The van der Waals surface area contributed by atoms with E-state index in [0.29, 0.717) is 17.9 Å². The number of furan rings is 1. The van der Waals surface area contributed by atoms with Crippen molar-refractivity contribution in [2.24, 2.45) is 0 Å². The highest BCUT2D eigenvalue weighted by molar-refractivity contribution is 9.10. The lowest BCUT2D eigenvalue weighted by Crippen LogP contribution is -2.24. The molecule has 2 N–H and O–H groups in total.